The van der Waals surface area contributed by atoms with E-state index >= 15 is 0 Å². The zero-order chi connectivity index (χ0) is 31.8. The van der Waals surface area contributed by atoms with Crippen LogP contribution in [0.15, 0.2) is 47.4 Å². The smallest absolute Gasteiger partial charge is 0.271 e. The van der Waals surface area contributed by atoms with Crippen molar-refractivity contribution in [3.8, 4) is 0 Å². The Morgan fingerprint density at radius 1 is 1.00 bits per heavy atom. The van der Waals surface area contributed by atoms with Crippen LogP contribution in [-0.2, 0) is 22.6 Å². The summed E-state index contributed by atoms with van der Waals surface area (Å²) in [5, 5.41) is 24.4. The molecule has 4 aromatic rings. The molecule has 1 aliphatic heterocycles. The summed E-state index contributed by atoms with van der Waals surface area (Å²) in [4.78, 5) is 63.6. The van der Waals surface area contributed by atoms with Gasteiger partial charge < -0.3 is 20.9 Å². The van der Waals surface area contributed by atoms with Crippen molar-refractivity contribution in [1.29, 1.82) is 0 Å². The number of nitrogens with one attached hydrogen (secondary N) is 3. The van der Waals surface area contributed by atoms with Crippen molar-refractivity contribution in [1.82, 2.24) is 51.0 Å². The third-order valence-electron chi connectivity index (χ3n) is 7.17. The van der Waals surface area contributed by atoms with E-state index in [0.717, 1.165) is 5.56 Å². The highest BCUT2D eigenvalue weighted by Gasteiger charge is 2.27. The molecule has 5 rings (SSSR count). The third kappa shape index (κ3) is 8.54. The highest BCUT2D eigenvalue weighted by atomic mass is 32.1. The molecule has 2 atom stereocenters. The summed E-state index contributed by atoms with van der Waals surface area (Å²) in [5.41, 5.74) is 1.45. The maximum atomic E-state index is 13.5. The second-order valence-corrected chi connectivity index (χ2v) is 12.7. The van der Waals surface area contributed by atoms with E-state index < -0.39 is 12.1 Å². The van der Waals surface area contributed by atoms with Gasteiger partial charge in [0, 0.05) is 30.3 Å². The molecule has 236 valence electrons. The molecule has 0 saturated carbocycles. The Balaban J connectivity index is 1.42. The van der Waals surface area contributed by atoms with Gasteiger partial charge in [0.15, 0.2) is 0 Å². The van der Waals surface area contributed by atoms with E-state index in [9.17, 15) is 19.2 Å². The monoisotopic (exact) mass is 650 g/mol. The number of amides is 4. The van der Waals surface area contributed by atoms with E-state index in [0.29, 0.717) is 22.9 Å². The number of hydrogen-bond donors (Lipinski definition) is 3. The van der Waals surface area contributed by atoms with Crippen LogP contribution >= 0.6 is 22.7 Å². The van der Waals surface area contributed by atoms with E-state index in [1.165, 1.54) is 38.6 Å². The first kappa shape index (κ1) is 31.8. The first-order valence-electron chi connectivity index (χ1n) is 14.6. The van der Waals surface area contributed by atoms with E-state index in [2.05, 4.69) is 41.4 Å². The number of hydrogen-bond acceptors (Lipinski definition) is 11. The van der Waals surface area contributed by atoms with Gasteiger partial charge in [-0.1, -0.05) is 44.2 Å². The summed E-state index contributed by atoms with van der Waals surface area (Å²) in [5.74, 6) is -1.36. The average molecular weight is 651 g/mol. The number of carbonyl (C=O) groups is 4. The Morgan fingerprint density at radius 3 is 2.47 bits per heavy atom. The lowest BCUT2D eigenvalue weighted by atomic mass is 10.0. The Hall–Kier alpha value is -4.57. The first-order chi connectivity index (χ1) is 21.8. The predicted molar refractivity (Wildman–Crippen MR) is 166 cm³/mol. The molecule has 14 nitrogen and oxygen atoms in total. The Kier molecular flexibility index (Phi) is 10.6. The molecule has 3 N–H and O–H groups in total. The summed E-state index contributed by atoms with van der Waals surface area (Å²) >= 11 is 2.59. The molecule has 1 aliphatic rings. The van der Waals surface area contributed by atoms with Gasteiger partial charge in [0.25, 0.3) is 11.8 Å². The number of thiazole rings is 2. The lowest BCUT2D eigenvalue weighted by Crippen LogP contribution is -2.43. The number of tetrazole rings is 1. The van der Waals surface area contributed by atoms with Gasteiger partial charge in [-0.15, -0.1) is 27.8 Å². The van der Waals surface area contributed by atoms with Crippen LogP contribution < -0.4 is 16.0 Å². The van der Waals surface area contributed by atoms with Gasteiger partial charge in [-0.2, -0.15) is 0 Å². The van der Waals surface area contributed by atoms with E-state index in [1.807, 2.05) is 44.2 Å². The normalized spacial score (nSPS) is 18.4. The quantitative estimate of drug-likeness (QED) is 0.282. The summed E-state index contributed by atoms with van der Waals surface area (Å²) in [6.45, 7) is 4.50. The number of nitrogens with zero attached hydrogens (tertiary/aromatic N) is 7. The van der Waals surface area contributed by atoms with Crippen LogP contribution in [0.1, 0.15) is 75.3 Å². The van der Waals surface area contributed by atoms with E-state index in [4.69, 9.17) is 0 Å². The molecule has 3 aromatic heterocycles. The molecule has 0 fully saturated rings. The molecule has 0 radical (unpaired) electrons. The molecule has 0 unspecified atom stereocenters. The average Bonchev–Trinajstić information content (AvgIpc) is 3.82. The van der Waals surface area contributed by atoms with Crippen molar-refractivity contribution >= 4 is 46.3 Å². The van der Waals surface area contributed by atoms with Crippen molar-refractivity contribution < 1.29 is 19.2 Å². The van der Waals surface area contributed by atoms with Gasteiger partial charge in [0.05, 0.1) is 25.2 Å². The maximum absolute atomic E-state index is 13.5. The molecule has 0 spiro atoms. The largest absolute Gasteiger partial charge is 0.351 e. The molecule has 4 heterocycles. The first-order valence-corrected chi connectivity index (χ1v) is 16.3. The van der Waals surface area contributed by atoms with Crippen LogP contribution in [-0.4, -0.2) is 78.3 Å². The lowest BCUT2D eigenvalue weighted by Gasteiger charge is -2.24. The number of rotatable bonds is 6. The van der Waals surface area contributed by atoms with Crippen molar-refractivity contribution in [2.75, 3.05) is 19.6 Å². The zero-order valence-corrected chi connectivity index (χ0v) is 26.5. The van der Waals surface area contributed by atoms with Gasteiger partial charge >= 0.3 is 0 Å². The minimum absolute atomic E-state index is 0.00215. The summed E-state index contributed by atoms with van der Waals surface area (Å²) in [6, 6.07) is 8.71. The van der Waals surface area contributed by atoms with Crippen molar-refractivity contribution in [3.63, 3.8) is 0 Å². The SMILES string of the molecule is CC(C)[C@@H]1NC(=O)c2csc(n2)[C@H](Cc2ccccc2)NC(=O)CN(C(=O)CCn2cnnn2)CCCNC(=O)c2csc1n2. The van der Waals surface area contributed by atoms with Gasteiger partial charge in [0.2, 0.25) is 11.8 Å². The minimum Gasteiger partial charge on any atom is -0.351 e. The number of aromatic nitrogens is 6. The topological polar surface area (TPSA) is 177 Å². The van der Waals surface area contributed by atoms with Gasteiger partial charge in [-0.05, 0) is 34.7 Å². The van der Waals surface area contributed by atoms with E-state index in [-0.39, 0.29) is 73.5 Å². The maximum Gasteiger partial charge on any atom is 0.271 e. The number of aryl methyl sites for hydroxylation is 1. The van der Waals surface area contributed by atoms with Gasteiger partial charge in [-0.3, -0.25) is 19.2 Å². The van der Waals surface area contributed by atoms with Crippen LogP contribution in [0.3, 0.4) is 0 Å². The van der Waals surface area contributed by atoms with Crippen molar-refractivity contribution in [2.45, 2.75) is 51.7 Å². The molecule has 1 aromatic carbocycles. The second-order valence-electron chi connectivity index (χ2n) is 10.9. The Morgan fingerprint density at radius 2 is 1.73 bits per heavy atom. The van der Waals surface area contributed by atoms with E-state index in [1.54, 1.807) is 10.8 Å². The van der Waals surface area contributed by atoms with Gasteiger partial charge in [-0.25, -0.2) is 14.6 Å². The lowest BCUT2D eigenvalue weighted by molar-refractivity contribution is -0.136. The minimum atomic E-state index is -0.534. The molecule has 0 saturated heterocycles. The Labute approximate surface area is 267 Å². The van der Waals surface area contributed by atoms with Crippen LogP contribution in [0.5, 0.6) is 0 Å². The van der Waals surface area contributed by atoms with Crippen LogP contribution in [0.4, 0.5) is 0 Å². The molecule has 0 aliphatic carbocycles. The standard InChI is InChI=1S/C29H34N10O4S2/c1-18(2)25-29-34-21(15-45-29)26(42)30-10-6-11-38(24(41)9-12-39-17-31-36-37-39)14-23(40)32-20(13-19-7-4-3-5-8-19)28-33-22(16-44-28)27(43)35-25/h3-5,7-8,15-18,20,25H,6,9-14H2,1-2H3,(H,30,42)(H,32,40)(H,35,43)/t20-,25-/m0/s1. The Bertz CT molecular complexity index is 1610. The molecular formula is C29H34N10O4S2. The summed E-state index contributed by atoms with van der Waals surface area (Å²) in [6.07, 6.45) is 2.36. The number of benzene rings is 1. The fourth-order valence-electron chi connectivity index (χ4n) is 4.78. The van der Waals surface area contributed by atoms with Crippen molar-refractivity contribution in [3.05, 3.63) is 74.4 Å². The second kappa shape index (κ2) is 14.9. The number of fused-ring (bicyclic) bond motifs is 4. The zero-order valence-electron chi connectivity index (χ0n) is 24.9. The van der Waals surface area contributed by atoms with Crippen molar-refractivity contribution in [2.24, 2.45) is 5.92 Å². The third-order valence-corrected chi connectivity index (χ3v) is 9.05. The highest BCUT2D eigenvalue weighted by molar-refractivity contribution is 7.10. The number of carbonyl (C=O) groups excluding carboxylic acids is 4. The fraction of sp³-hybridized carbons (Fsp3) is 0.414. The summed E-state index contributed by atoms with van der Waals surface area (Å²) < 4.78 is 1.45. The fourth-order valence-corrected chi connectivity index (χ4v) is 6.65. The predicted octanol–water partition coefficient (Wildman–Crippen LogP) is 2.17. The molecular weight excluding hydrogens is 617 g/mol. The highest BCUT2D eigenvalue weighted by Crippen LogP contribution is 2.27. The molecule has 45 heavy (non-hydrogen) atoms. The molecule has 4 bridgehead atoms. The molecule has 16 heteroatoms. The van der Waals surface area contributed by atoms with Crippen LogP contribution in [0.25, 0.3) is 0 Å². The van der Waals surface area contributed by atoms with Crippen LogP contribution in [0, 0.1) is 5.92 Å². The molecule has 4 amide bonds. The van der Waals surface area contributed by atoms with Crippen LogP contribution in [0.2, 0.25) is 0 Å². The summed E-state index contributed by atoms with van der Waals surface area (Å²) in [7, 11) is 0. The van der Waals surface area contributed by atoms with Gasteiger partial charge in [0.1, 0.15) is 27.7 Å².